The Hall–Kier alpha value is -3.93. The average Bonchev–Trinajstić information content (AvgIpc) is 3.20. The quantitative estimate of drug-likeness (QED) is 0.536. The molecule has 4 aromatic rings. The number of nitrogens with one attached hydrogen (secondary N) is 2. The number of carbonyl (C=O) groups excluding carboxylic acids is 1. The number of urea groups is 1. The van der Waals surface area contributed by atoms with E-state index in [9.17, 15) is 4.79 Å². The lowest BCUT2D eigenvalue weighted by Gasteiger charge is -2.07. The summed E-state index contributed by atoms with van der Waals surface area (Å²) in [6.07, 6.45) is 0. The largest absolute Gasteiger partial charge is 0.416 e. The fraction of sp³-hybridized carbons (Fsp3) is 0. The monoisotopic (exact) mass is 356 g/mol. The maximum atomic E-state index is 12.0. The first-order chi connectivity index (χ1) is 13.3. The number of nitrogens with zero attached hydrogens (tertiary/aromatic N) is 2. The molecule has 0 atom stereocenters. The van der Waals surface area contributed by atoms with Crippen LogP contribution in [0.1, 0.15) is 0 Å². The number of aromatic nitrogens is 2. The van der Waals surface area contributed by atoms with Crippen LogP contribution in [0.15, 0.2) is 89.3 Å². The summed E-state index contributed by atoms with van der Waals surface area (Å²) in [4.78, 5) is 12.0. The van der Waals surface area contributed by atoms with Crippen LogP contribution in [-0.2, 0) is 0 Å². The molecule has 0 saturated heterocycles. The molecule has 3 aromatic carbocycles. The van der Waals surface area contributed by atoms with E-state index in [1.54, 1.807) is 12.1 Å². The number of para-hydroxylation sites is 1. The molecule has 0 saturated carbocycles. The minimum atomic E-state index is -0.307. The van der Waals surface area contributed by atoms with Crippen LogP contribution < -0.4 is 10.6 Å². The topological polar surface area (TPSA) is 80.0 Å². The number of carbonyl (C=O) groups is 1. The van der Waals surface area contributed by atoms with Gasteiger partial charge in [0.05, 0.1) is 0 Å². The van der Waals surface area contributed by atoms with Crippen molar-refractivity contribution in [2.24, 2.45) is 0 Å². The Kier molecular flexibility index (Phi) is 4.61. The van der Waals surface area contributed by atoms with Gasteiger partial charge >= 0.3 is 6.03 Å². The Morgan fingerprint density at radius 3 is 1.70 bits per heavy atom. The van der Waals surface area contributed by atoms with Crippen LogP contribution in [0.4, 0.5) is 16.2 Å². The van der Waals surface area contributed by atoms with Crippen LogP contribution in [0.5, 0.6) is 0 Å². The van der Waals surface area contributed by atoms with E-state index in [0.29, 0.717) is 17.5 Å². The summed E-state index contributed by atoms with van der Waals surface area (Å²) in [6, 6.07) is 25.7. The predicted molar refractivity (Wildman–Crippen MR) is 104 cm³/mol. The van der Waals surface area contributed by atoms with Gasteiger partial charge in [-0.15, -0.1) is 10.2 Å². The van der Waals surface area contributed by atoms with E-state index < -0.39 is 0 Å². The van der Waals surface area contributed by atoms with E-state index in [1.165, 1.54) is 0 Å². The minimum Gasteiger partial charge on any atom is -0.416 e. The summed E-state index contributed by atoms with van der Waals surface area (Å²) >= 11 is 0. The lowest BCUT2D eigenvalue weighted by atomic mass is 10.2. The highest BCUT2D eigenvalue weighted by Crippen LogP contribution is 2.24. The third-order valence-electron chi connectivity index (χ3n) is 3.87. The standard InChI is InChI=1S/C21H16N4O2/c26-21(22-17-9-5-2-6-10-17)23-18-13-11-16(12-14-18)20-25-24-19(27-20)15-7-3-1-4-8-15/h1-14H,(H2,22,23,26). The van der Waals surface area contributed by atoms with E-state index in [-0.39, 0.29) is 6.03 Å². The van der Waals surface area contributed by atoms with Crippen molar-refractivity contribution in [3.8, 4) is 22.9 Å². The van der Waals surface area contributed by atoms with Gasteiger partial charge in [-0.25, -0.2) is 4.79 Å². The van der Waals surface area contributed by atoms with E-state index in [1.807, 2.05) is 72.8 Å². The maximum Gasteiger partial charge on any atom is 0.323 e. The zero-order chi connectivity index (χ0) is 18.5. The molecule has 0 unspecified atom stereocenters. The molecule has 0 radical (unpaired) electrons. The highest BCUT2D eigenvalue weighted by molar-refractivity contribution is 5.99. The molecule has 0 fully saturated rings. The van der Waals surface area contributed by atoms with Crippen LogP contribution in [0.3, 0.4) is 0 Å². The SMILES string of the molecule is O=C(Nc1ccccc1)Nc1ccc(-c2nnc(-c3ccccc3)o2)cc1. The normalized spacial score (nSPS) is 10.4. The molecule has 1 aromatic heterocycles. The molecule has 0 aliphatic carbocycles. The van der Waals surface area contributed by atoms with Gasteiger partial charge in [0.15, 0.2) is 0 Å². The smallest absolute Gasteiger partial charge is 0.323 e. The molecule has 0 spiro atoms. The number of anilines is 2. The first-order valence-electron chi connectivity index (χ1n) is 8.40. The van der Waals surface area contributed by atoms with Gasteiger partial charge in [-0.3, -0.25) is 0 Å². The summed E-state index contributed by atoms with van der Waals surface area (Å²) in [5.41, 5.74) is 3.03. The zero-order valence-electron chi connectivity index (χ0n) is 14.3. The lowest BCUT2D eigenvalue weighted by molar-refractivity contribution is 0.262. The summed E-state index contributed by atoms with van der Waals surface area (Å²) in [5.74, 6) is 0.893. The molecular formula is C21H16N4O2. The molecule has 4 rings (SSSR count). The Bertz CT molecular complexity index is 1030. The van der Waals surface area contributed by atoms with Crippen LogP contribution >= 0.6 is 0 Å². The van der Waals surface area contributed by atoms with Gasteiger partial charge < -0.3 is 15.1 Å². The Labute approximate surface area is 155 Å². The van der Waals surface area contributed by atoms with Crippen molar-refractivity contribution in [3.63, 3.8) is 0 Å². The van der Waals surface area contributed by atoms with Gasteiger partial charge in [-0.1, -0.05) is 36.4 Å². The molecular weight excluding hydrogens is 340 g/mol. The molecule has 1 heterocycles. The summed E-state index contributed by atoms with van der Waals surface area (Å²) in [5, 5.41) is 13.7. The third kappa shape index (κ3) is 4.01. The van der Waals surface area contributed by atoms with Gasteiger partial charge in [0, 0.05) is 22.5 Å². The van der Waals surface area contributed by atoms with Crippen molar-refractivity contribution in [3.05, 3.63) is 84.9 Å². The lowest BCUT2D eigenvalue weighted by Crippen LogP contribution is -2.19. The molecule has 6 heteroatoms. The zero-order valence-corrected chi connectivity index (χ0v) is 14.3. The molecule has 0 bridgehead atoms. The fourth-order valence-corrected chi connectivity index (χ4v) is 2.55. The Morgan fingerprint density at radius 1 is 0.630 bits per heavy atom. The second kappa shape index (κ2) is 7.53. The van der Waals surface area contributed by atoms with E-state index in [4.69, 9.17) is 4.42 Å². The molecule has 27 heavy (non-hydrogen) atoms. The van der Waals surface area contributed by atoms with Crippen LogP contribution in [-0.4, -0.2) is 16.2 Å². The molecule has 6 nitrogen and oxygen atoms in total. The van der Waals surface area contributed by atoms with Crippen LogP contribution in [0.25, 0.3) is 22.9 Å². The average molecular weight is 356 g/mol. The Balaban J connectivity index is 1.43. The van der Waals surface area contributed by atoms with Gasteiger partial charge in [0.25, 0.3) is 0 Å². The van der Waals surface area contributed by atoms with Gasteiger partial charge in [-0.2, -0.15) is 0 Å². The minimum absolute atomic E-state index is 0.307. The van der Waals surface area contributed by atoms with Crippen molar-refractivity contribution in [1.82, 2.24) is 10.2 Å². The van der Waals surface area contributed by atoms with E-state index in [2.05, 4.69) is 20.8 Å². The van der Waals surface area contributed by atoms with E-state index >= 15 is 0 Å². The van der Waals surface area contributed by atoms with Crippen molar-refractivity contribution >= 4 is 17.4 Å². The summed E-state index contributed by atoms with van der Waals surface area (Å²) in [7, 11) is 0. The molecule has 0 aliphatic heterocycles. The third-order valence-corrected chi connectivity index (χ3v) is 3.87. The second-order valence-corrected chi connectivity index (χ2v) is 5.80. The highest BCUT2D eigenvalue weighted by Gasteiger charge is 2.10. The first kappa shape index (κ1) is 16.5. The van der Waals surface area contributed by atoms with Crippen molar-refractivity contribution in [1.29, 1.82) is 0 Å². The number of benzene rings is 3. The summed E-state index contributed by atoms with van der Waals surface area (Å²) < 4.78 is 5.73. The number of rotatable bonds is 4. The fourth-order valence-electron chi connectivity index (χ4n) is 2.55. The maximum absolute atomic E-state index is 12.0. The predicted octanol–water partition coefficient (Wildman–Crippen LogP) is 5.05. The molecule has 0 aliphatic rings. The molecule has 132 valence electrons. The number of amides is 2. The number of hydrogen-bond donors (Lipinski definition) is 2. The van der Waals surface area contributed by atoms with Gasteiger partial charge in [0.2, 0.25) is 11.8 Å². The van der Waals surface area contributed by atoms with Gasteiger partial charge in [0.1, 0.15) is 0 Å². The summed E-state index contributed by atoms with van der Waals surface area (Å²) in [6.45, 7) is 0. The first-order valence-corrected chi connectivity index (χ1v) is 8.40. The Morgan fingerprint density at radius 2 is 1.11 bits per heavy atom. The van der Waals surface area contributed by atoms with Crippen molar-refractivity contribution < 1.29 is 9.21 Å². The van der Waals surface area contributed by atoms with Crippen molar-refractivity contribution in [2.45, 2.75) is 0 Å². The highest BCUT2D eigenvalue weighted by atomic mass is 16.4. The molecule has 2 amide bonds. The van der Waals surface area contributed by atoms with Crippen LogP contribution in [0, 0.1) is 0 Å². The van der Waals surface area contributed by atoms with E-state index in [0.717, 1.165) is 16.8 Å². The number of hydrogen-bond acceptors (Lipinski definition) is 4. The van der Waals surface area contributed by atoms with Gasteiger partial charge in [-0.05, 0) is 48.5 Å². The van der Waals surface area contributed by atoms with Crippen LogP contribution in [0.2, 0.25) is 0 Å². The molecule has 2 N–H and O–H groups in total. The van der Waals surface area contributed by atoms with Crippen molar-refractivity contribution in [2.75, 3.05) is 10.6 Å². The second-order valence-electron chi connectivity index (χ2n) is 5.80.